The van der Waals surface area contributed by atoms with E-state index in [9.17, 15) is 9.59 Å². The minimum atomic E-state index is -0.294. The number of anilines is 2. The minimum Gasteiger partial charge on any atom is -0.495 e. The number of thiazole rings is 1. The van der Waals surface area contributed by atoms with Gasteiger partial charge in [-0.3, -0.25) is 14.5 Å². The van der Waals surface area contributed by atoms with Crippen LogP contribution in [0.4, 0.5) is 10.8 Å². The molecule has 0 aliphatic carbocycles. The molecule has 0 bridgehead atoms. The first kappa shape index (κ1) is 24.0. The van der Waals surface area contributed by atoms with Crippen molar-refractivity contribution >= 4 is 57.2 Å². The van der Waals surface area contributed by atoms with Crippen LogP contribution < -0.4 is 15.4 Å². The smallest absolute Gasteiger partial charge is 0.240 e. The van der Waals surface area contributed by atoms with Crippen LogP contribution in [0.1, 0.15) is 10.4 Å². The summed E-state index contributed by atoms with van der Waals surface area (Å²) in [6, 6.07) is 12.6. The lowest BCUT2D eigenvalue weighted by molar-refractivity contribution is -0.119. The van der Waals surface area contributed by atoms with Crippen LogP contribution in [0.25, 0.3) is 0 Å². The number of methoxy groups -OCH3 is 1. The quantitative estimate of drug-likeness (QED) is 0.457. The van der Waals surface area contributed by atoms with Crippen LogP contribution in [-0.2, 0) is 16.0 Å². The van der Waals surface area contributed by atoms with Crippen LogP contribution in [0.5, 0.6) is 5.75 Å². The number of hydrogen-bond donors (Lipinski definition) is 2. The van der Waals surface area contributed by atoms with Gasteiger partial charge in [-0.25, -0.2) is 4.98 Å². The van der Waals surface area contributed by atoms with Crippen LogP contribution >= 0.6 is 34.5 Å². The van der Waals surface area contributed by atoms with Crippen molar-refractivity contribution in [3.05, 3.63) is 69.1 Å². The molecule has 0 saturated heterocycles. The molecule has 2 N–H and O–H groups in total. The number of amides is 2. The van der Waals surface area contributed by atoms with Gasteiger partial charge in [0.05, 0.1) is 25.9 Å². The number of carbonyl (C=O) groups excluding carboxylic acids is 2. The second-order valence-electron chi connectivity index (χ2n) is 7.01. The average molecular weight is 493 g/mol. The second-order valence-corrected chi connectivity index (χ2v) is 8.97. The summed E-state index contributed by atoms with van der Waals surface area (Å²) in [4.78, 5) is 31.5. The van der Waals surface area contributed by atoms with Crippen LogP contribution in [0.3, 0.4) is 0 Å². The van der Waals surface area contributed by atoms with Crippen molar-refractivity contribution in [1.82, 2.24) is 9.88 Å². The molecule has 32 heavy (non-hydrogen) atoms. The van der Waals surface area contributed by atoms with E-state index in [1.807, 2.05) is 24.3 Å². The number of halogens is 2. The van der Waals surface area contributed by atoms with Gasteiger partial charge in [-0.15, -0.1) is 11.3 Å². The van der Waals surface area contributed by atoms with E-state index in [4.69, 9.17) is 27.9 Å². The van der Waals surface area contributed by atoms with Gasteiger partial charge >= 0.3 is 0 Å². The van der Waals surface area contributed by atoms with Crippen LogP contribution in [0.2, 0.25) is 10.0 Å². The summed E-state index contributed by atoms with van der Waals surface area (Å²) in [5.74, 6) is -0.0593. The highest BCUT2D eigenvalue weighted by atomic mass is 35.5. The Kier molecular flexibility index (Phi) is 8.46. The summed E-state index contributed by atoms with van der Waals surface area (Å²) in [7, 11) is 3.19. The van der Waals surface area contributed by atoms with Crippen molar-refractivity contribution in [2.75, 3.05) is 37.9 Å². The number of aromatic nitrogens is 1. The summed E-state index contributed by atoms with van der Waals surface area (Å²) in [5.41, 5.74) is 1.47. The topological polar surface area (TPSA) is 83.6 Å². The molecule has 168 valence electrons. The Morgan fingerprint density at radius 1 is 1.09 bits per heavy atom. The van der Waals surface area contributed by atoms with Gasteiger partial charge in [0.2, 0.25) is 11.8 Å². The predicted octanol–water partition coefficient (Wildman–Crippen LogP) is 4.56. The maximum absolute atomic E-state index is 12.4. The molecule has 0 spiro atoms. The number of benzene rings is 2. The van der Waals surface area contributed by atoms with Gasteiger partial charge in [-0.05, 0) is 36.9 Å². The maximum Gasteiger partial charge on any atom is 0.240 e. The minimum absolute atomic E-state index is 0.0126. The molecular weight excluding hydrogens is 471 g/mol. The highest BCUT2D eigenvalue weighted by molar-refractivity contribution is 7.15. The monoisotopic (exact) mass is 492 g/mol. The highest BCUT2D eigenvalue weighted by Gasteiger charge is 2.14. The fraction of sp³-hybridized carbons (Fsp3) is 0.227. The molecule has 1 aromatic heterocycles. The SMILES string of the molecule is COc1ccc(Cl)cc1NC(=O)CN(C)CC(=O)Nc1ncc(Cc2ccccc2Cl)s1. The van der Waals surface area contributed by atoms with Gasteiger partial charge in [0.1, 0.15) is 5.75 Å². The summed E-state index contributed by atoms with van der Waals surface area (Å²) < 4.78 is 5.22. The Hall–Kier alpha value is -2.65. The zero-order chi connectivity index (χ0) is 23.1. The summed E-state index contributed by atoms with van der Waals surface area (Å²) in [6.07, 6.45) is 2.36. The van der Waals surface area contributed by atoms with Crippen LogP contribution in [-0.4, -0.2) is 48.9 Å². The molecule has 0 saturated carbocycles. The molecule has 2 amide bonds. The van der Waals surface area contributed by atoms with E-state index < -0.39 is 0 Å². The van der Waals surface area contributed by atoms with E-state index in [0.717, 1.165) is 10.4 Å². The second kappa shape index (κ2) is 11.3. The van der Waals surface area contributed by atoms with Crippen molar-refractivity contribution in [3.63, 3.8) is 0 Å². The Morgan fingerprint density at radius 2 is 1.81 bits per heavy atom. The molecule has 0 fully saturated rings. The fourth-order valence-electron chi connectivity index (χ4n) is 2.95. The maximum atomic E-state index is 12.4. The molecule has 3 rings (SSSR count). The largest absolute Gasteiger partial charge is 0.495 e. The predicted molar refractivity (Wildman–Crippen MR) is 129 cm³/mol. The van der Waals surface area contributed by atoms with Crippen LogP contribution in [0, 0.1) is 0 Å². The van der Waals surface area contributed by atoms with E-state index in [-0.39, 0.29) is 24.9 Å². The molecule has 0 unspecified atom stereocenters. The van der Waals surface area contributed by atoms with Crippen molar-refractivity contribution in [2.24, 2.45) is 0 Å². The summed E-state index contributed by atoms with van der Waals surface area (Å²) in [6.45, 7) is 0.0399. The van der Waals surface area contributed by atoms with E-state index in [1.54, 1.807) is 36.3 Å². The zero-order valence-corrected chi connectivity index (χ0v) is 19.9. The molecule has 7 nitrogen and oxygen atoms in total. The third-order valence-corrected chi connectivity index (χ3v) is 5.90. The first-order chi connectivity index (χ1) is 15.3. The normalized spacial score (nSPS) is 10.8. The standard InChI is InChI=1S/C22H22Cl2N4O3S/c1-28(12-20(29)26-18-10-15(23)7-8-19(18)31-2)13-21(30)27-22-25-11-16(32-22)9-14-5-3-4-6-17(14)24/h3-8,10-11H,9,12-13H2,1-2H3,(H,26,29)(H,25,27,30). The van der Waals surface area contributed by atoms with Gasteiger partial charge in [0.15, 0.2) is 5.13 Å². The number of nitrogens with one attached hydrogen (secondary N) is 2. The number of hydrogen-bond acceptors (Lipinski definition) is 6. The molecule has 0 aliphatic rings. The van der Waals surface area contributed by atoms with Gasteiger partial charge in [-0.2, -0.15) is 0 Å². The molecule has 3 aromatic rings. The van der Waals surface area contributed by atoms with Gasteiger partial charge in [0.25, 0.3) is 0 Å². The third-order valence-electron chi connectivity index (χ3n) is 4.39. The highest BCUT2D eigenvalue weighted by Crippen LogP contribution is 2.27. The lowest BCUT2D eigenvalue weighted by Crippen LogP contribution is -2.36. The van der Waals surface area contributed by atoms with Gasteiger partial charge in [0, 0.05) is 27.5 Å². The van der Waals surface area contributed by atoms with E-state index in [1.165, 1.54) is 18.4 Å². The van der Waals surface area contributed by atoms with E-state index in [2.05, 4.69) is 15.6 Å². The summed E-state index contributed by atoms with van der Waals surface area (Å²) in [5, 5.41) is 7.18. The first-order valence-electron chi connectivity index (χ1n) is 9.64. The zero-order valence-electron chi connectivity index (χ0n) is 17.5. The Morgan fingerprint density at radius 3 is 2.53 bits per heavy atom. The van der Waals surface area contributed by atoms with E-state index in [0.29, 0.717) is 33.0 Å². The fourth-order valence-corrected chi connectivity index (χ4v) is 4.18. The van der Waals surface area contributed by atoms with Crippen molar-refractivity contribution in [2.45, 2.75) is 6.42 Å². The number of likely N-dealkylation sites (N-methyl/N-ethyl adjacent to an activating group) is 1. The van der Waals surface area contributed by atoms with Crippen molar-refractivity contribution in [1.29, 1.82) is 0 Å². The number of nitrogens with zero attached hydrogens (tertiary/aromatic N) is 2. The number of ether oxygens (including phenoxy) is 1. The van der Waals surface area contributed by atoms with Gasteiger partial charge < -0.3 is 15.4 Å². The van der Waals surface area contributed by atoms with Crippen molar-refractivity contribution < 1.29 is 14.3 Å². The van der Waals surface area contributed by atoms with E-state index >= 15 is 0 Å². The Labute approximate surface area is 200 Å². The Balaban J connectivity index is 1.49. The van der Waals surface area contributed by atoms with Crippen LogP contribution in [0.15, 0.2) is 48.7 Å². The molecule has 0 aliphatic heterocycles. The first-order valence-corrected chi connectivity index (χ1v) is 11.2. The molecule has 0 atom stereocenters. The molecule has 0 radical (unpaired) electrons. The molecule has 1 heterocycles. The molecular formula is C22H22Cl2N4O3S. The Bertz CT molecular complexity index is 1110. The summed E-state index contributed by atoms with van der Waals surface area (Å²) >= 11 is 13.6. The van der Waals surface area contributed by atoms with Gasteiger partial charge in [-0.1, -0.05) is 41.4 Å². The van der Waals surface area contributed by atoms with Crippen molar-refractivity contribution in [3.8, 4) is 5.75 Å². The lowest BCUT2D eigenvalue weighted by atomic mass is 10.1. The lowest BCUT2D eigenvalue weighted by Gasteiger charge is -2.16. The third kappa shape index (κ3) is 6.93. The average Bonchev–Trinajstić information content (AvgIpc) is 3.16. The number of rotatable bonds is 9. The molecule has 10 heteroatoms. The molecule has 2 aromatic carbocycles. The number of carbonyl (C=O) groups is 2.